The molecule has 0 aliphatic carbocycles. The number of aliphatic hydroxyl groups excluding tert-OH is 1. The summed E-state index contributed by atoms with van der Waals surface area (Å²) < 4.78 is 9.62. The third kappa shape index (κ3) is 4.56. The number of rotatable bonds is 8. The number of carboxylic acid groups (broad SMARTS) is 1. The van der Waals surface area contributed by atoms with Crippen LogP contribution in [0.4, 0.5) is 0 Å². The summed E-state index contributed by atoms with van der Waals surface area (Å²) in [7, 11) is 1.53. The van der Waals surface area contributed by atoms with E-state index in [-0.39, 0.29) is 5.76 Å². The Morgan fingerprint density at radius 2 is 2.41 bits per heavy atom. The van der Waals surface area contributed by atoms with Gasteiger partial charge in [0.2, 0.25) is 5.76 Å². The highest BCUT2D eigenvalue weighted by molar-refractivity contribution is 5.86. The Morgan fingerprint density at radius 1 is 1.65 bits per heavy atom. The minimum Gasteiger partial charge on any atom is -0.475 e. The molecule has 0 aromatic carbocycles. The molecule has 0 aliphatic rings. The molecule has 0 saturated carbocycles. The second-order valence-electron chi connectivity index (χ2n) is 3.65. The smallest absolute Gasteiger partial charge is 0.372 e. The SMILES string of the molecule is COCC(O)CCNCc1ccoc1C(=O)O. The molecule has 0 fully saturated rings. The number of furan rings is 1. The topological polar surface area (TPSA) is 91.9 Å². The second kappa shape index (κ2) is 7.05. The van der Waals surface area contributed by atoms with Crippen LogP contribution in [0.1, 0.15) is 22.5 Å². The van der Waals surface area contributed by atoms with Gasteiger partial charge in [0.05, 0.1) is 19.0 Å². The molecule has 1 rings (SSSR count). The minimum absolute atomic E-state index is 0.0464. The van der Waals surface area contributed by atoms with E-state index in [0.717, 1.165) is 0 Å². The van der Waals surface area contributed by atoms with Crippen LogP contribution in [0, 0.1) is 0 Å². The zero-order valence-corrected chi connectivity index (χ0v) is 9.68. The zero-order chi connectivity index (χ0) is 12.7. The maximum atomic E-state index is 10.7. The zero-order valence-electron chi connectivity index (χ0n) is 9.68. The average molecular weight is 243 g/mol. The van der Waals surface area contributed by atoms with E-state index >= 15 is 0 Å². The molecule has 6 heteroatoms. The fraction of sp³-hybridized carbons (Fsp3) is 0.545. The Hall–Kier alpha value is -1.37. The van der Waals surface area contributed by atoms with Crippen LogP contribution in [0.15, 0.2) is 16.7 Å². The largest absolute Gasteiger partial charge is 0.475 e. The van der Waals surface area contributed by atoms with E-state index in [4.69, 9.17) is 14.3 Å². The van der Waals surface area contributed by atoms with Gasteiger partial charge in [-0.25, -0.2) is 4.79 Å². The van der Waals surface area contributed by atoms with Crippen LogP contribution >= 0.6 is 0 Å². The Kier molecular flexibility index (Phi) is 5.68. The van der Waals surface area contributed by atoms with E-state index in [0.29, 0.717) is 31.7 Å². The van der Waals surface area contributed by atoms with Crippen molar-refractivity contribution in [1.29, 1.82) is 0 Å². The number of nitrogens with one attached hydrogen (secondary N) is 1. The molecule has 1 atom stereocenters. The monoisotopic (exact) mass is 243 g/mol. The number of methoxy groups -OCH3 is 1. The van der Waals surface area contributed by atoms with Crippen LogP contribution in [0.25, 0.3) is 0 Å². The van der Waals surface area contributed by atoms with Gasteiger partial charge in [0.1, 0.15) is 0 Å². The molecule has 0 bridgehead atoms. The fourth-order valence-electron chi connectivity index (χ4n) is 1.43. The summed E-state index contributed by atoms with van der Waals surface area (Å²) in [4.78, 5) is 10.7. The molecule has 6 nitrogen and oxygen atoms in total. The van der Waals surface area contributed by atoms with E-state index in [2.05, 4.69) is 5.32 Å². The molecule has 1 aromatic rings. The number of aliphatic hydroxyl groups is 1. The van der Waals surface area contributed by atoms with Gasteiger partial charge in [-0.2, -0.15) is 0 Å². The molecule has 1 heterocycles. The Morgan fingerprint density at radius 3 is 3.06 bits per heavy atom. The molecular formula is C11H17NO5. The summed E-state index contributed by atoms with van der Waals surface area (Å²) in [6.45, 7) is 1.28. The summed E-state index contributed by atoms with van der Waals surface area (Å²) in [6.07, 6.45) is 1.39. The molecule has 0 spiro atoms. The highest BCUT2D eigenvalue weighted by Gasteiger charge is 2.13. The van der Waals surface area contributed by atoms with Crippen molar-refractivity contribution in [2.75, 3.05) is 20.3 Å². The van der Waals surface area contributed by atoms with Crippen molar-refractivity contribution in [3.63, 3.8) is 0 Å². The number of hydrogen-bond donors (Lipinski definition) is 3. The summed E-state index contributed by atoms with van der Waals surface area (Å²) in [5.41, 5.74) is 0.596. The first-order chi connectivity index (χ1) is 8.15. The van der Waals surface area contributed by atoms with E-state index in [1.54, 1.807) is 6.07 Å². The third-order valence-corrected chi connectivity index (χ3v) is 2.27. The molecule has 0 amide bonds. The Bertz CT molecular complexity index is 349. The van der Waals surface area contributed by atoms with Crippen molar-refractivity contribution in [2.24, 2.45) is 0 Å². The molecule has 0 aliphatic heterocycles. The molecule has 17 heavy (non-hydrogen) atoms. The van der Waals surface area contributed by atoms with Gasteiger partial charge < -0.3 is 24.7 Å². The Balaban J connectivity index is 2.26. The van der Waals surface area contributed by atoms with Gasteiger partial charge in [-0.3, -0.25) is 0 Å². The van der Waals surface area contributed by atoms with Crippen molar-refractivity contribution < 1.29 is 24.2 Å². The van der Waals surface area contributed by atoms with E-state index in [9.17, 15) is 9.90 Å². The first-order valence-corrected chi connectivity index (χ1v) is 5.32. The average Bonchev–Trinajstić information content (AvgIpc) is 2.73. The van der Waals surface area contributed by atoms with Gasteiger partial charge >= 0.3 is 5.97 Å². The molecule has 0 saturated heterocycles. The number of aromatic carboxylic acids is 1. The predicted octanol–water partition coefficient (Wildman–Crippen LogP) is 0.465. The molecule has 1 unspecified atom stereocenters. The maximum Gasteiger partial charge on any atom is 0.372 e. The van der Waals surface area contributed by atoms with Gasteiger partial charge in [-0.1, -0.05) is 0 Å². The number of ether oxygens (including phenoxy) is 1. The predicted molar refractivity (Wildman–Crippen MR) is 59.9 cm³/mol. The number of carboxylic acids is 1. The normalized spacial score (nSPS) is 12.6. The number of hydrogen-bond acceptors (Lipinski definition) is 5. The highest BCUT2D eigenvalue weighted by atomic mass is 16.5. The lowest BCUT2D eigenvalue weighted by Crippen LogP contribution is -2.23. The van der Waals surface area contributed by atoms with Crippen molar-refractivity contribution >= 4 is 5.97 Å². The van der Waals surface area contributed by atoms with Gasteiger partial charge in [-0.05, 0) is 19.0 Å². The van der Waals surface area contributed by atoms with Crippen LogP contribution in [-0.4, -0.2) is 42.5 Å². The highest BCUT2D eigenvalue weighted by Crippen LogP contribution is 2.09. The van der Waals surface area contributed by atoms with Gasteiger partial charge in [0, 0.05) is 19.2 Å². The van der Waals surface area contributed by atoms with Crippen LogP contribution in [0.2, 0.25) is 0 Å². The van der Waals surface area contributed by atoms with Crippen molar-refractivity contribution in [3.05, 3.63) is 23.7 Å². The molecule has 1 aromatic heterocycles. The van der Waals surface area contributed by atoms with Gasteiger partial charge in [-0.15, -0.1) is 0 Å². The molecule has 0 radical (unpaired) electrons. The Labute approximate surface area is 99.2 Å². The molecular weight excluding hydrogens is 226 g/mol. The standard InChI is InChI=1S/C11H17NO5/c1-16-7-9(13)2-4-12-6-8-3-5-17-10(8)11(14)15/h3,5,9,12-13H,2,4,6-7H2,1H3,(H,14,15). The first kappa shape index (κ1) is 13.7. The lowest BCUT2D eigenvalue weighted by molar-refractivity contribution is 0.0593. The van der Waals surface area contributed by atoms with Crippen molar-refractivity contribution in [2.45, 2.75) is 19.1 Å². The van der Waals surface area contributed by atoms with Crippen molar-refractivity contribution in [1.82, 2.24) is 5.32 Å². The van der Waals surface area contributed by atoms with Gasteiger partial charge in [0.15, 0.2) is 0 Å². The lowest BCUT2D eigenvalue weighted by Gasteiger charge is -2.09. The summed E-state index contributed by atoms with van der Waals surface area (Å²) in [6, 6.07) is 1.61. The minimum atomic E-state index is -1.08. The first-order valence-electron chi connectivity index (χ1n) is 5.32. The summed E-state index contributed by atoms with van der Waals surface area (Å²) >= 11 is 0. The quantitative estimate of drug-likeness (QED) is 0.575. The maximum absolute atomic E-state index is 10.7. The molecule has 3 N–H and O–H groups in total. The van der Waals surface area contributed by atoms with Crippen LogP contribution in [-0.2, 0) is 11.3 Å². The summed E-state index contributed by atoms with van der Waals surface area (Å²) in [5.74, 6) is -1.12. The number of carbonyl (C=O) groups is 1. The van der Waals surface area contributed by atoms with Gasteiger partial charge in [0.25, 0.3) is 0 Å². The van der Waals surface area contributed by atoms with Crippen molar-refractivity contribution in [3.8, 4) is 0 Å². The van der Waals surface area contributed by atoms with Crippen LogP contribution < -0.4 is 5.32 Å². The second-order valence-corrected chi connectivity index (χ2v) is 3.65. The molecule has 96 valence electrons. The van der Waals surface area contributed by atoms with Crippen LogP contribution in [0.3, 0.4) is 0 Å². The van der Waals surface area contributed by atoms with E-state index < -0.39 is 12.1 Å². The third-order valence-electron chi connectivity index (χ3n) is 2.27. The van der Waals surface area contributed by atoms with E-state index in [1.165, 1.54) is 13.4 Å². The van der Waals surface area contributed by atoms with Crippen LogP contribution in [0.5, 0.6) is 0 Å². The summed E-state index contributed by atoms with van der Waals surface area (Å²) in [5, 5.41) is 21.2. The van der Waals surface area contributed by atoms with E-state index in [1.807, 2.05) is 0 Å². The lowest BCUT2D eigenvalue weighted by atomic mass is 10.2. The fourth-order valence-corrected chi connectivity index (χ4v) is 1.43.